The third kappa shape index (κ3) is 2.49. The molecule has 128 valence electrons. The Morgan fingerprint density at radius 3 is 2.88 bits per heavy atom. The van der Waals surface area contributed by atoms with Gasteiger partial charge >= 0.3 is 0 Å². The van der Waals surface area contributed by atoms with Crippen molar-refractivity contribution in [2.75, 3.05) is 13.1 Å². The maximum atomic E-state index is 13.0. The standard InChI is InChI=1S/C18H25N5O/c1-11(2)23-14-4-5-15(23)10-22(7-6-14)18(24)13-8-16-12(3)20-21-17(16)19-9-13/h8-9,11,14-15H,4-7,10H2,1-3H3,(H,19,20,21)/t14-,15+/m1/s1. The Labute approximate surface area is 142 Å². The molecule has 4 heterocycles. The van der Waals surface area contributed by atoms with E-state index in [-0.39, 0.29) is 5.91 Å². The Balaban J connectivity index is 1.58. The van der Waals surface area contributed by atoms with Crippen molar-refractivity contribution >= 4 is 16.9 Å². The number of H-pyrrole nitrogens is 1. The number of hydrogen-bond donors (Lipinski definition) is 1. The summed E-state index contributed by atoms with van der Waals surface area (Å²) in [6.45, 7) is 8.16. The van der Waals surface area contributed by atoms with Gasteiger partial charge in [-0.25, -0.2) is 4.98 Å². The normalized spacial score (nSPS) is 24.8. The lowest BCUT2D eigenvalue weighted by molar-refractivity contribution is 0.0728. The molecule has 4 rings (SSSR count). The Kier molecular flexibility index (Phi) is 3.79. The van der Waals surface area contributed by atoms with E-state index in [9.17, 15) is 4.79 Å². The van der Waals surface area contributed by atoms with Crippen LogP contribution in [-0.4, -0.2) is 62.1 Å². The highest BCUT2D eigenvalue weighted by Crippen LogP contribution is 2.32. The van der Waals surface area contributed by atoms with E-state index < -0.39 is 0 Å². The van der Waals surface area contributed by atoms with Crippen molar-refractivity contribution in [2.45, 2.75) is 58.2 Å². The average molecular weight is 327 g/mol. The summed E-state index contributed by atoms with van der Waals surface area (Å²) >= 11 is 0. The molecule has 1 N–H and O–H groups in total. The van der Waals surface area contributed by atoms with Gasteiger partial charge in [-0.05, 0) is 46.1 Å². The number of aryl methyl sites for hydroxylation is 1. The van der Waals surface area contributed by atoms with Crippen molar-refractivity contribution in [1.82, 2.24) is 25.0 Å². The highest BCUT2D eigenvalue weighted by molar-refractivity contribution is 5.97. The minimum absolute atomic E-state index is 0.0984. The molecule has 2 aromatic rings. The number of hydrogen-bond acceptors (Lipinski definition) is 4. The van der Waals surface area contributed by atoms with E-state index in [1.54, 1.807) is 6.20 Å². The van der Waals surface area contributed by atoms with E-state index in [0.717, 1.165) is 30.6 Å². The number of rotatable bonds is 2. The lowest BCUT2D eigenvalue weighted by Crippen LogP contribution is -2.44. The number of nitrogens with zero attached hydrogens (tertiary/aromatic N) is 4. The summed E-state index contributed by atoms with van der Waals surface area (Å²) in [5, 5.41) is 8.00. The molecular formula is C18H25N5O. The van der Waals surface area contributed by atoms with E-state index >= 15 is 0 Å². The van der Waals surface area contributed by atoms with Crippen LogP contribution in [0.5, 0.6) is 0 Å². The van der Waals surface area contributed by atoms with Crippen LogP contribution in [-0.2, 0) is 0 Å². The summed E-state index contributed by atoms with van der Waals surface area (Å²) in [5.41, 5.74) is 2.29. The van der Waals surface area contributed by atoms with Crippen LogP contribution in [0, 0.1) is 6.92 Å². The fourth-order valence-electron chi connectivity index (χ4n) is 4.46. The second kappa shape index (κ2) is 5.84. The first-order valence-electron chi connectivity index (χ1n) is 8.92. The fourth-order valence-corrected chi connectivity index (χ4v) is 4.46. The SMILES string of the molecule is Cc1[nH]nc2ncc(C(=O)N3CC[C@H]4CC[C@@H](C3)N4C(C)C)cc12. The molecule has 2 aromatic heterocycles. The van der Waals surface area contributed by atoms with Crippen molar-refractivity contribution in [3.8, 4) is 0 Å². The molecule has 0 radical (unpaired) electrons. The molecule has 0 unspecified atom stereocenters. The number of carbonyl (C=O) groups excluding carboxylic acids is 1. The van der Waals surface area contributed by atoms with Crippen LogP contribution in [0.15, 0.2) is 12.3 Å². The second-order valence-electron chi connectivity index (χ2n) is 7.41. The number of amides is 1. The summed E-state index contributed by atoms with van der Waals surface area (Å²) in [5.74, 6) is 0.0984. The van der Waals surface area contributed by atoms with Crippen molar-refractivity contribution in [3.05, 3.63) is 23.5 Å². The zero-order valence-corrected chi connectivity index (χ0v) is 14.6. The van der Waals surface area contributed by atoms with E-state index in [4.69, 9.17) is 0 Å². The number of aromatic amines is 1. The van der Waals surface area contributed by atoms with Gasteiger partial charge in [-0.15, -0.1) is 0 Å². The number of pyridine rings is 1. The molecule has 0 saturated carbocycles. The highest BCUT2D eigenvalue weighted by atomic mass is 16.2. The van der Waals surface area contributed by atoms with Crippen LogP contribution in [0.1, 0.15) is 49.2 Å². The summed E-state index contributed by atoms with van der Waals surface area (Å²) in [6, 6.07) is 3.59. The topological polar surface area (TPSA) is 65.1 Å². The number of aromatic nitrogens is 3. The molecule has 2 aliphatic heterocycles. The summed E-state index contributed by atoms with van der Waals surface area (Å²) in [7, 11) is 0. The summed E-state index contributed by atoms with van der Waals surface area (Å²) < 4.78 is 0. The molecule has 0 aromatic carbocycles. The van der Waals surface area contributed by atoms with Crippen LogP contribution in [0.2, 0.25) is 0 Å². The zero-order valence-electron chi connectivity index (χ0n) is 14.6. The first-order chi connectivity index (χ1) is 11.5. The van der Waals surface area contributed by atoms with Gasteiger partial charge in [0, 0.05) is 48.5 Å². The van der Waals surface area contributed by atoms with Gasteiger partial charge < -0.3 is 4.90 Å². The minimum Gasteiger partial charge on any atom is -0.337 e. The van der Waals surface area contributed by atoms with Gasteiger partial charge in [0.1, 0.15) is 0 Å². The predicted octanol–water partition coefficient (Wildman–Crippen LogP) is 2.35. The van der Waals surface area contributed by atoms with Gasteiger partial charge in [0.2, 0.25) is 0 Å². The highest BCUT2D eigenvalue weighted by Gasteiger charge is 2.39. The van der Waals surface area contributed by atoms with Crippen molar-refractivity contribution in [3.63, 3.8) is 0 Å². The van der Waals surface area contributed by atoms with E-state index in [1.807, 2.05) is 17.9 Å². The maximum absolute atomic E-state index is 13.0. The van der Waals surface area contributed by atoms with E-state index in [0.29, 0.717) is 29.3 Å². The molecule has 6 nitrogen and oxygen atoms in total. The van der Waals surface area contributed by atoms with Gasteiger partial charge in [-0.2, -0.15) is 5.10 Å². The number of nitrogens with one attached hydrogen (secondary N) is 1. The van der Waals surface area contributed by atoms with Crippen LogP contribution in [0.3, 0.4) is 0 Å². The maximum Gasteiger partial charge on any atom is 0.255 e. The zero-order chi connectivity index (χ0) is 16.8. The van der Waals surface area contributed by atoms with Crippen LogP contribution < -0.4 is 0 Å². The monoisotopic (exact) mass is 327 g/mol. The van der Waals surface area contributed by atoms with Crippen LogP contribution >= 0.6 is 0 Å². The Bertz CT molecular complexity index is 768. The van der Waals surface area contributed by atoms with Gasteiger partial charge in [0.05, 0.1) is 5.56 Å². The average Bonchev–Trinajstić information content (AvgIpc) is 3.06. The minimum atomic E-state index is 0.0984. The van der Waals surface area contributed by atoms with E-state index in [2.05, 4.69) is 33.9 Å². The number of carbonyl (C=O) groups is 1. The second-order valence-corrected chi connectivity index (χ2v) is 7.41. The van der Waals surface area contributed by atoms with Crippen molar-refractivity contribution < 1.29 is 4.79 Å². The largest absolute Gasteiger partial charge is 0.337 e. The molecule has 2 bridgehead atoms. The lowest BCUT2D eigenvalue weighted by atomic mass is 10.1. The third-order valence-electron chi connectivity index (χ3n) is 5.57. The fraction of sp³-hybridized carbons (Fsp3) is 0.611. The lowest BCUT2D eigenvalue weighted by Gasteiger charge is -2.32. The molecule has 2 atom stereocenters. The Morgan fingerprint density at radius 1 is 1.29 bits per heavy atom. The Morgan fingerprint density at radius 2 is 2.08 bits per heavy atom. The Hall–Kier alpha value is -1.95. The van der Waals surface area contributed by atoms with Gasteiger partial charge in [0.25, 0.3) is 5.91 Å². The molecule has 1 amide bonds. The third-order valence-corrected chi connectivity index (χ3v) is 5.57. The molecule has 0 aliphatic carbocycles. The molecular weight excluding hydrogens is 302 g/mol. The van der Waals surface area contributed by atoms with Crippen LogP contribution in [0.4, 0.5) is 0 Å². The molecule has 0 spiro atoms. The summed E-state index contributed by atoms with van der Waals surface area (Å²) in [4.78, 5) is 22.0. The molecule has 2 aliphatic rings. The van der Waals surface area contributed by atoms with Gasteiger partial charge in [-0.3, -0.25) is 14.8 Å². The number of fused-ring (bicyclic) bond motifs is 3. The molecule has 2 saturated heterocycles. The van der Waals surface area contributed by atoms with Crippen LogP contribution in [0.25, 0.3) is 11.0 Å². The predicted molar refractivity (Wildman–Crippen MR) is 92.9 cm³/mol. The van der Waals surface area contributed by atoms with Gasteiger partial charge in [-0.1, -0.05) is 0 Å². The van der Waals surface area contributed by atoms with Crippen molar-refractivity contribution in [2.24, 2.45) is 0 Å². The summed E-state index contributed by atoms with van der Waals surface area (Å²) in [6.07, 6.45) is 5.20. The molecule has 6 heteroatoms. The number of likely N-dealkylation sites (tertiary alicyclic amines) is 1. The molecule has 2 fully saturated rings. The van der Waals surface area contributed by atoms with Crippen molar-refractivity contribution in [1.29, 1.82) is 0 Å². The van der Waals surface area contributed by atoms with Gasteiger partial charge in [0.15, 0.2) is 5.65 Å². The quantitative estimate of drug-likeness (QED) is 0.919. The molecule has 24 heavy (non-hydrogen) atoms. The smallest absolute Gasteiger partial charge is 0.255 e. The van der Waals surface area contributed by atoms with E-state index in [1.165, 1.54) is 12.8 Å². The first-order valence-corrected chi connectivity index (χ1v) is 8.92. The first kappa shape index (κ1) is 15.6.